The maximum Gasteiger partial charge on any atom is 0.269 e. The Hall–Kier alpha value is -0.760. The van der Waals surface area contributed by atoms with Gasteiger partial charge in [-0.05, 0) is 0 Å². The second-order valence-electron chi connectivity index (χ2n) is 2.75. The maximum absolute atomic E-state index is 10.4. The van der Waals surface area contributed by atoms with E-state index in [2.05, 4.69) is 4.74 Å². The minimum absolute atomic E-state index is 0.533. The Bertz CT molecular complexity index is 198. The normalized spacial score (nSPS) is 40.2. The third-order valence-corrected chi connectivity index (χ3v) is 1.90. The van der Waals surface area contributed by atoms with Gasteiger partial charge >= 0.3 is 0 Å². The van der Waals surface area contributed by atoms with Gasteiger partial charge in [0.2, 0.25) is 0 Å². The van der Waals surface area contributed by atoms with Crippen molar-refractivity contribution in [3.05, 3.63) is 16.7 Å². The molecule has 1 heterocycles. The van der Waals surface area contributed by atoms with Crippen molar-refractivity contribution in [1.82, 2.24) is 0 Å². The van der Waals surface area contributed by atoms with Crippen LogP contribution in [0.2, 0.25) is 0 Å². The van der Waals surface area contributed by atoms with E-state index < -0.39 is 35.9 Å². The zero-order valence-corrected chi connectivity index (χ0v) is 6.61. The van der Waals surface area contributed by atoms with Crippen LogP contribution in [0.25, 0.3) is 0 Å². The summed E-state index contributed by atoms with van der Waals surface area (Å²) in [7, 11) is 0. The molecular weight excluding hydrogens is 182 g/mol. The van der Waals surface area contributed by atoms with E-state index in [-0.39, 0.29) is 0 Å². The summed E-state index contributed by atoms with van der Waals surface area (Å²) in [6.45, 7) is 0.315. The van der Waals surface area contributed by atoms with Crippen LogP contribution in [-0.2, 0) is 4.74 Å². The van der Waals surface area contributed by atoms with Gasteiger partial charge in [0.05, 0.1) is 6.61 Å². The number of aliphatic hydroxyl groups excluding tert-OH is 3. The van der Waals surface area contributed by atoms with Crippen LogP contribution in [0.15, 0.2) is 0 Å². The molecule has 0 spiro atoms. The van der Waals surface area contributed by atoms with E-state index in [0.29, 0.717) is 0 Å². The molecule has 1 rings (SSSR count). The average molecular weight is 192 g/mol. The van der Waals surface area contributed by atoms with E-state index in [0.717, 1.165) is 6.61 Å². The fourth-order valence-corrected chi connectivity index (χ4v) is 1.16. The summed E-state index contributed by atoms with van der Waals surface area (Å²) < 4.78 is 4.65. The zero-order valence-electron chi connectivity index (χ0n) is 6.61. The van der Waals surface area contributed by atoms with Gasteiger partial charge in [-0.3, -0.25) is 10.1 Å². The molecular formula is C6H10NO6. The molecule has 0 saturated carbocycles. The Morgan fingerprint density at radius 2 is 2.15 bits per heavy atom. The zero-order chi connectivity index (χ0) is 10.0. The van der Waals surface area contributed by atoms with Crippen LogP contribution in [0.4, 0.5) is 0 Å². The summed E-state index contributed by atoms with van der Waals surface area (Å²) in [6.07, 6.45) is -3.99. The van der Waals surface area contributed by atoms with Crippen LogP contribution in [0.3, 0.4) is 0 Å². The highest BCUT2D eigenvalue weighted by Crippen LogP contribution is 2.19. The molecule has 1 radical (unpaired) electrons. The molecule has 7 nitrogen and oxygen atoms in total. The largest absolute Gasteiger partial charge is 0.394 e. The summed E-state index contributed by atoms with van der Waals surface area (Å²) in [5.74, 6) is 0. The van der Waals surface area contributed by atoms with Crippen molar-refractivity contribution in [2.75, 3.05) is 6.61 Å². The molecule has 1 saturated heterocycles. The van der Waals surface area contributed by atoms with Crippen LogP contribution in [0.5, 0.6) is 0 Å². The molecule has 3 N–H and O–H groups in total. The molecule has 0 aliphatic carbocycles. The standard InChI is InChI=1S/C6H10NO6/c8-1-4-6(10)5(7(11)12)3(9)2-13-4/h2-6,8-10H,1H2/t3-,4+,5-,6-/m0/s1. The highest BCUT2D eigenvalue weighted by molar-refractivity contribution is 4.91. The quantitative estimate of drug-likeness (QED) is 0.341. The van der Waals surface area contributed by atoms with Gasteiger partial charge in [0.15, 0.2) is 12.2 Å². The van der Waals surface area contributed by atoms with Crippen molar-refractivity contribution >= 4 is 0 Å². The first kappa shape index (κ1) is 10.3. The van der Waals surface area contributed by atoms with Crippen LogP contribution in [0, 0.1) is 16.7 Å². The van der Waals surface area contributed by atoms with E-state index in [1.807, 2.05) is 0 Å². The summed E-state index contributed by atoms with van der Waals surface area (Å²) >= 11 is 0. The third kappa shape index (κ3) is 1.94. The van der Waals surface area contributed by atoms with Crippen molar-refractivity contribution < 1.29 is 25.0 Å². The molecule has 1 aliphatic rings. The lowest BCUT2D eigenvalue weighted by Gasteiger charge is -2.31. The molecule has 0 amide bonds. The Morgan fingerprint density at radius 3 is 2.62 bits per heavy atom. The number of hydrogen-bond acceptors (Lipinski definition) is 6. The molecule has 0 aromatic rings. The molecule has 4 atom stereocenters. The molecule has 1 aliphatic heterocycles. The molecule has 1 fully saturated rings. The van der Waals surface area contributed by atoms with Gasteiger partial charge in [0.1, 0.15) is 12.7 Å². The average Bonchev–Trinajstić information content (AvgIpc) is 2.04. The predicted molar refractivity (Wildman–Crippen MR) is 39.1 cm³/mol. The lowest BCUT2D eigenvalue weighted by molar-refractivity contribution is -0.553. The third-order valence-electron chi connectivity index (χ3n) is 1.90. The number of aliphatic hydroxyl groups is 3. The summed E-state index contributed by atoms with van der Waals surface area (Å²) in [5.41, 5.74) is 0. The highest BCUT2D eigenvalue weighted by Gasteiger charge is 2.46. The van der Waals surface area contributed by atoms with E-state index in [1.54, 1.807) is 0 Å². The minimum atomic E-state index is -1.54. The van der Waals surface area contributed by atoms with Crippen LogP contribution >= 0.6 is 0 Å². The number of nitrogens with zero attached hydrogens (tertiary/aromatic N) is 1. The fourth-order valence-electron chi connectivity index (χ4n) is 1.16. The van der Waals surface area contributed by atoms with Crippen molar-refractivity contribution in [3.63, 3.8) is 0 Å². The molecule has 0 aromatic carbocycles. The van der Waals surface area contributed by atoms with Gasteiger partial charge in [-0.25, -0.2) is 0 Å². The van der Waals surface area contributed by atoms with Crippen molar-refractivity contribution in [3.8, 4) is 0 Å². The summed E-state index contributed by atoms with van der Waals surface area (Å²) in [5, 5.41) is 37.3. The molecule has 7 heteroatoms. The number of hydrogen-bond donors (Lipinski definition) is 3. The SMILES string of the molecule is O=[N+]([O-])[C@@H]1[C@@H](O)[C@@H](CO)O[CH][C@@H]1O. The van der Waals surface area contributed by atoms with Crippen molar-refractivity contribution in [2.45, 2.75) is 24.4 Å². The molecule has 75 valence electrons. The van der Waals surface area contributed by atoms with Gasteiger partial charge in [-0.15, -0.1) is 0 Å². The van der Waals surface area contributed by atoms with Gasteiger partial charge in [-0.1, -0.05) is 0 Å². The number of rotatable bonds is 2. The summed E-state index contributed by atoms with van der Waals surface area (Å²) in [4.78, 5) is 9.57. The topological polar surface area (TPSA) is 113 Å². The first-order valence-corrected chi connectivity index (χ1v) is 3.67. The van der Waals surface area contributed by atoms with E-state index in [9.17, 15) is 15.2 Å². The molecule has 0 aromatic heterocycles. The number of nitro groups is 1. The Morgan fingerprint density at radius 1 is 1.54 bits per heavy atom. The molecule has 13 heavy (non-hydrogen) atoms. The van der Waals surface area contributed by atoms with E-state index >= 15 is 0 Å². The summed E-state index contributed by atoms with van der Waals surface area (Å²) in [6, 6.07) is -1.54. The Balaban J connectivity index is 2.71. The van der Waals surface area contributed by atoms with Crippen LogP contribution in [-0.4, -0.2) is 51.2 Å². The fraction of sp³-hybridized carbons (Fsp3) is 0.833. The van der Waals surface area contributed by atoms with Gasteiger partial charge < -0.3 is 20.1 Å². The first-order valence-electron chi connectivity index (χ1n) is 3.67. The van der Waals surface area contributed by atoms with Crippen molar-refractivity contribution in [2.24, 2.45) is 0 Å². The van der Waals surface area contributed by atoms with Gasteiger partial charge in [0.25, 0.3) is 6.04 Å². The van der Waals surface area contributed by atoms with E-state index in [1.165, 1.54) is 0 Å². The minimum Gasteiger partial charge on any atom is -0.394 e. The molecule has 0 bridgehead atoms. The first-order chi connectivity index (χ1) is 6.07. The van der Waals surface area contributed by atoms with Crippen LogP contribution < -0.4 is 0 Å². The maximum atomic E-state index is 10.4. The lowest BCUT2D eigenvalue weighted by atomic mass is 9.98. The van der Waals surface area contributed by atoms with Gasteiger partial charge in [0, 0.05) is 4.92 Å². The Kier molecular flexibility index (Phi) is 3.15. The number of ether oxygens (including phenoxy) is 1. The van der Waals surface area contributed by atoms with E-state index in [4.69, 9.17) is 10.2 Å². The smallest absolute Gasteiger partial charge is 0.269 e. The van der Waals surface area contributed by atoms with Crippen LogP contribution in [0.1, 0.15) is 0 Å². The second kappa shape index (κ2) is 3.97. The van der Waals surface area contributed by atoms with Gasteiger partial charge in [-0.2, -0.15) is 0 Å². The lowest BCUT2D eigenvalue weighted by Crippen LogP contribution is -2.55. The molecule has 0 unspecified atom stereocenters. The predicted octanol–water partition coefficient (Wildman–Crippen LogP) is -2.09. The highest BCUT2D eigenvalue weighted by atomic mass is 16.6. The Labute approximate surface area is 73.7 Å². The van der Waals surface area contributed by atoms with Crippen molar-refractivity contribution in [1.29, 1.82) is 0 Å². The monoisotopic (exact) mass is 192 g/mol. The second-order valence-corrected chi connectivity index (χ2v) is 2.75.